The highest BCUT2D eigenvalue weighted by atomic mass is 16.5. The van der Waals surface area contributed by atoms with Gasteiger partial charge in [0.2, 0.25) is 5.89 Å². The Morgan fingerprint density at radius 2 is 2.17 bits per heavy atom. The maximum atomic E-state index is 12.3. The van der Waals surface area contributed by atoms with Crippen molar-refractivity contribution in [2.24, 2.45) is 0 Å². The van der Waals surface area contributed by atoms with Crippen LogP contribution >= 0.6 is 0 Å². The molecule has 0 aliphatic carbocycles. The number of benzene rings is 1. The molecule has 1 aliphatic rings. The van der Waals surface area contributed by atoms with Crippen molar-refractivity contribution in [3.05, 3.63) is 36.7 Å². The molecular weight excluding hydrogens is 298 g/mol. The number of oxazole rings is 1. The summed E-state index contributed by atoms with van der Waals surface area (Å²) in [5, 5.41) is 12.1. The van der Waals surface area contributed by atoms with Crippen LogP contribution in [0.4, 0.5) is 10.5 Å². The van der Waals surface area contributed by atoms with Crippen LogP contribution in [-0.2, 0) is 4.74 Å². The van der Waals surface area contributed by atoms with Gasteiger partial charge < -0.3 is 24.5 Å². The molecule has 0 bridgehead atoms. The lowest BCUT2D eigenvalue weighted by molar-refractivity contribution is -0.0822. The Balaban J connectivity index is 1.63. The van der Waals surface area contributed by atoms with Crippen LogP contribution < -0.4 is 5.32 Å². The van der Waals surface area contributed by atoms with Gasteiger partial charge in [0.15, 0.2) is 0 Å². The van der Waals surface area contributed by atoms with E-state index in [0.717, 1.165) is 5.56 Å². The molecule has 1 fully saturated rings. The minimum Gasteiger partial charge on any atom is -0.445 e. The third-order valence-electron chi connectivity index (χ3n) is 3.63. The summed E-state index contributed by atoms with van der Waals surface area (Å²) in [6.45, 7) is 2.66. The van der Waals surface area contributed by atoms with Gasteiger partial charge in [-0.05, 0) is 31.2 Å². The molecule has 2 N–H and O–H groups in total. The van der Waals surface area contributed by atoms with Crippen LogP contribution in [0.1, 0.15) is 6.92 Å². The highest BCUT2D eigenvalue weighted by Gasteiger charge is 2.27. The largest absolute Gasteiger partial charge is 0.445 e. The van der Waals surface area contributed by atoms with Crippen LogP contribution in [0.3, 0.4) is 0 Å². The van der Waals surface area contributed by atoms with Crippen molar-refractivity contribution in [1.82, 2.24) is 9.88 Å². The van der Waals surface area contributed by atoms with Gasteiger partial charge in [-0.1, -0.05) is 0 Å². The van der Waals surface area contributed by atoms with Crippen molar-refractivity contribution in [2.75, 3.05) is 25.0 Å². The second-order valence-corrected chi connectivity index (χ2v) is 5.50. The Labute approximate surface area is 133 Å². The number of carbonyl (C=O) groups excluding carboxylic acids is 1. The summed E-state index contributed by atoms with van der Waals surface area (Å²) in [4.78, 5) is 18.1. The Morgan fingerprint density at radius 1 is 1.39 bits per heavy atom. The van der Waals surface area contributed by atoms with Gasteiger partial charge in [-0.15, -0.1) is 0 Å². The predicted octanol–water partition coefficient (Wildman–Crippen LogP) is 1.96. The van der Waals surface area contributed by atoms with Gasteiger partial charge in [0, 0.05) is 17.8 Å². The number of hydrogen-bond donors (Lipinski definition) is 2. The van der Waals surface area contributed by atoms with Crippen LogP contribution in [0.2, 0.25) is 0 Å². The first-order chi connectivity index (χ1) is 11.2. The molecule has 2 aromatic rings. The van der Waals surface area contributed by atoms with E-state index in [1.165, 1.54) is 6.26 Å². The summed E-state index contributed by atoms with van der Waals surface area (Å²) in [6.07, 6.45) is 2.67. The smallest absolute Gasteiger partial charge is 0.322 e. The molecule has 2 amide bonds. The number of aliphatic hydroxyl groups is 1. The Hall–Kier alpha value is -2.38. The minimum absolute atomic E-state index is 0.0981. The van der Waals surface area contributed by atoms with E-state index in [4.69, 9.17) is 9.15 Å². The number of aliphatic hydroxyl groups excluding tert-OH is 1. The maximum Gasteiger partial charge on any atom is 0.322 e. The summed E-state index contributed by atoms with van der Waals surface area (Å²) in [6, 6.07) is 7.05. The van der Waals surface area contributed by atoms with Crippen molar-refractivity contribution in [3.63, 3.8) is 0 Å². The number of amides is 2. The number of carbonyl (C=O) groups is 1. The molecule has 23 heavy (non-hydrogen) atoms. The van der Waals surface area contributed by atoms with E-state index in [1.807, 2.05) is 19.1 Å². The van der Waals surface area contributed by atoms with Gasteiger partial charge in [0.1, 0.15) is 6.26 Å². The van der Waals surface area contributed by atoms with Crippen LogP contribution in [0.5, 0.6) is 0 Å². The van der Waals surface area contributed by atoms with E-state index in [2.05, 4.69) is 10.3 Å². The number of rotatable bonds is 3. The molecule has 0 radical (unpaired) electrons. The van der Waals surface area contributed by atoms with Crippen LogP contribution in [0, 0.1) is 0 Å². The van der Waals surface area contributed by atoms with E-state index >= 15 is 0 Å². The van der Waals surface area contributed by atoms with E-state index in [1.54, 1.807) is 23.2 Å². The standard InChI is InChI=1S/C16H19N3O4/c1-11-8-19(9-14(10-20)23-11)16(21)18-13-4-2-12(3-5-13)15-17-6-7-22-15/h2-7,11,14,20H,8-10H2,1H3,(H,18,21)/t11-,14-/m0/s1. The number of aromatic nitrogens is 1. The van der Waals surface area contributed by atoms with Gasteiger partial charge in [0.05, 0.1) is 31.6 Å². The summed E-state index contributed by atoms with van der Waals surface area (Å²) >= 11 is 0. The monoisotopic (exact) mass is 317 g/mol. The maximum absolute atomic E-state index is 12.3. The zero-order valence-corrected chi connectivity index (χ0v) is 12.8. The lowest BCUT2D eigenvalue weighted by Gasteiger charge is -2.36. The SMILES string of the molecule is C[C@H]1CN(C(=O)Nc2ccc(-c3ncco3)cc2)C[C@@H](CO)O1. The number of nitrogens with zero attached hydrogens (tertiary/aromatic N) is 2. The number of ether oxygens (including phenoxy) is 1. The molecule has 1 aromatic heterocycles. The quantitative estimate of drug-likeness (QED) is 0.903. The van der Waals surface area contributed by atoms with Crippen LogP contribution in [-0.4, -0.2) is 52.9 Å². The number of morpholine rings is 1. The summed E-state index contributed by atoms with van der Waals surface area (Å²) < 4.78 is 10.8. The number of nitrogens with one attached hydrogen (secondary N) is 1. The fourth-order valence-electron chi connectivity index (χ4n) is 2.58. The van der Waals surface area contributed by atoms with E-state index in [0.29, 0.717) is 24.7 Å². The molecule has 0 spiro atoms. The summed E-state index contributed by atoms with van der Waals surface area (Å²) in [5.41, 5.74) is 1.53. The van der Waals surface area contributed by atoms with E-state index in [-0.39, 0.29) is 24.8 Å². The van der Waals surface area contributed by atoms with Gasteiger partial charge in [-0.2, -0.15) is 0 Å². The fraction of sp³-hybridized carbons (Fsp3) is 0.375. The first-order valence-corrected chi connectivity index (χ1v) is 7.48. The van der Waals surface area contributed by atoms with E-state index in [9.17, 15) is 9.90 Å². The predicted molar refractivity (Wildman–Crippen MR) is 84.0 cm³/mol. The minimum atomic E-state index is -0.336. The molecule has 7 heteroatoms. The third kappa shape index (κ3) is 3.69. The second-order valence-electron chi connectivity index (χ2n) is 5.50. The molecule has 0 unspecified atom stereocenters. The molecular formula is C16H19N3O4. The highest BCUT2D eigenvalue weighted by Crippen LogP contribution is 2.20. The topological polar surface area (TPSA) is 87.8 Å². The van der Waals surface area contributed by atoms with Gasteiger partial charge in [-0.25, -0.2) is 9.78 Å². The number of urea groups is 1. The Bertz CT molecular complexity index is 642. The van der Waals surface area contributed by atoms with Crippen LogP contribution in [0.15, 0.2) is 41.1 Å². The van der Waals surface area contributed by atoms with Crippen molar-refractivity contribution in [3.8, 4) is 11.5 Å². The molecule has 122 valence electrons. The van der Waals surface area contributed by atoms with Crippen molar-refractivity contribution < 1.29 is 19.1 Å². The molecule has 0 saturated carbocycles. The molecule has 2 atom stereocenters. The summed E-state index contributed by atoms with van der Waals surface area (Å²) in [5.74, 6) is 0.538. The lowest BCUT2D eigenvalue weighted by Crippen LogP contribution is -2.51. The van der Waals surface area contributed by atoms with Crippen molar-refractivity contribution in [2.45, 2.75) is 19.1 Å². The van der Waals surface area contributed by atoms with Crippen LogP contribution in [0.25, 0.3) is 11.5 Å². The normalized spacial score (nSPS) is 21.2. The first-order valence-electron chi connectivity index (χ1n) is 7.48. The zero-order valence-electron chi connectivity index (χ0n) is 12.8. The fourth-order valence-corrected chi connectivity index (χ4v) is 2.58. The molecule has 2 heterocycles. The second kappa shape index (κ2) is 6.80. The lowest BCUT2D eigenvalue weighted by atomic mass is 10.2. The van der Waals surface area contributed by atoms with Gasteiger partial charge >= 0.3 is 6.03 Å². The molecule has 3 rings (SSSR count). The summed E-state index contributed by atoms with van der Waals surface area (Å²) in [7, 11) is 0. The van der Waals surface area contributed by atoms with Gasteiger partial charge in [0.25, 0.3) is 0 Å². The molecule has 1 saturated heterocycles. The average Bonchev–Trinajstić information content (AvgIpc) is 3.09. The third-order valence-corrected chi connectivity index (χ3v) is 3.63. The Morgan fingerprint density at radius 3 is 2.83 bits per heavy atom. The first kappa shape index (κ1) is 15.5. The van der Waals surface area contributed by atoms with Gasteiger partial charge in [-0.3, -0.25) is 0 Å². The van der Waals surface area contributed by atoms with Crippen molar-refractivity contribution >= 4 is 11.7 Å². The van der Waals surface area contributed by atoms with E-state index < -0.39 is 0 Å². The number of hydrogen-bond acceptors (Lipinski definition) is 5. The number of anilines is 1. The Kier molecular flexibility index (Phi) is 4.59. The van der Waals surface area contributed by atoms with Crippen molar-refractivity contribution in [1.29, 1.82) is 0 Å². The zero-order chi connectivity index (χ0) is 16.2. The average molecular weight is 317 g/mol. The molecule has 1 aromatic carbocycles. The molecule has 7 nitrogen and oxygen atoms in total. The highest BCUT2D eigenvalue weighted by molar-refractivity contribution is 5.89. The molecule has 1 aliphatic heterocycles.